The molecule has 0 aliphatic heterocycles. The molecule has 4 nitrogen and oxygen atoms in total. The second-order valence-electron chi connectivity index (χ2n) is 4.44. The van der Waals surface area contributed by atoms with Crippen LogP contribution in [0.25, 0.3) is 0 Å². The van der Waals surface area contributed by atoms with Crippen molar-refractivity contribution in [1.29, 1.82) is 0 Å². The quantitative estimate of drug-likeness (QED) is 0.836. The van der Waals surface area contributed by atoms with E-state index in [2.05, 4.69) is 5.32 Å². The Labute approximate surface area is 129 Å². The molecule has 118 valence electrons. The number of alkyl halides is 3. The summed E-state index contributed by atoms with van der Waals surface area (Å²) in [6.07, 6.45) is 1.51. The van der Waals surface area contributed by atoms with E-state index < -0.39 is 5.51 Å². The predicted molar refractivity (Wildman–Crippen MR) is 77.5 cm³/mol. The van der Waals surface area contributed by atoms with Gasteiger partial charge in [-0.1, -0.05) is 0 Å². The normalized spacial score (nSPS) is 11.3. The standard InChI is InChI=1S/C14H13F3N2O2S/c1-19(9-11-3-2-8-21-11)13(20)18-10-4-6-12(7-5-10)22-14(15,16)17/h2-8H,9H2,1H3,(H,18,20). The lowest BCUT2D eigenvalue weighted by Crippen LogP contribution is -2.30. The summed E-state index contributed by atoms with van der Waals surface area (Å²) < 4.78 is 41.8. The zero-order chi connectivity index (χ0) is 16.2. The number of amides is 2. The van der Waals surface area contributed by atoms with Gasteiger partial charge in [0.15, 0.2) is 0 Å². The Kier molecular flexibility index (Phi) is 5.02. The summed E-state index contributed by atoms with van der Waals surface area (Å²) in [5.41, 5.74) is -3.91. The first-order chi connectivity index (χ1) is 10.3. The molecule has 2 rings (SSSR count). The molecule has 1 heterocycles. The second-order valence-corrected chi connectivity index (χ2v) is 5.58. The number of thioether (sulfide) groups is 1. The fourth-order valence-corrected chi connectivity index (χ4v) is 2.21. The van der Waals surface area contributed by atoms with Crippen LogP contribution in [0.15, 0.2) is 52.0 Å². The Morgan fingerprint density at radius 1 is 1.27 bits per heavy atom. The van der Waals surface area contributed by atoms with Crippen LogP contribution in [0.3, 0.4) is 0 Å². The molecule has 8 heteroatoms. The van der Waals surface area contributed by atoms with Gasteiger partial charge in [0.05, 0.1) is 12.8 Å². The molecule has 2 aromatic rings. The Balaban J connectivity index is 1.91. The zero-order valence-electron chi connectivity index (χ0n) is 11.6. The first-order valence-corrected chi connectivity index (χ1v) is 7.05. The van der Waals surface area contributed by atoms with Crippen LogP contribution in [0.2, 0.25) is 0 Å². The van der Waals surface area contributed by atoms with E-state index in [0.29, 0.717) is 18.0 Å². The first-order valence-electron chi connectivity index (χ1n) is 6.24. The minimum atomic E-state index is -4.33. The summed E-state index contributed by atoms with van der Waals surface area (Å²) in [7, 11) is 1.59. The monoisotopic (exact) mass is 330 g/mol. The van der Waals surface area contributed by atoms with Gasteiger partial charge in [0.1, 0.15) is 5.76 Å². The molecule has 1 aromatic carbocycles. The fourth-order valence-electron chi connectivity index (χ4n) is 1.67. The van der Waals surface area contributed by atoms with Gasteiger partial charge in [0, 0.05) is 17.6 Å². The van der Waals surface area contributed by atoms with Crippen molar-refractivity contribution >= 4 is 23.5 Å². The maximum atomic E-state index is 12.2. The van der Waals surface area contributed by atoms with Crippen molar-refractivity contribution < 1.29 is 22.4 Å². The van der Waals surface area contributed by atoms with Gasteiger partial charge in [0.2, 0.25) is 0 Å². The van der Waals surface area contributed by atoms with E-state index in [0.717, 1.165) is 0 Å². The van der Waals surface area contributed by atoms with Crippen molar-refractivity contribution in [2.24, 2.45) is 0 Å². The highest BCUT2D eigenvalue weighted by molar-refractivity contribution is 8.00. The molecule has 0 radical (unpaired) electrons. The molecule has 0 bridgehead atoms. The average molecular weight is 330 g/mol. The third-order valence-electron chi connectivity index (χ3n) is 2.66. The average Bonchev–Trinajstić information content (AvgIpc) is 2.92. The number of carbonyl (C=O) groups is 1. The van der Waals surface area contributed by atoms with Gasteiger partial charge in [-0.15, -0.1) is 0 Å². The minimum absolute atomic E-state index is 0.0643. The molecule has 2 amide bonds. The topological polar surface area (TPSA) is 45.5 Å². The Morgan fingerprint density at radius 2 is 1.95 bits per heavy atom. The third-order valence-corrected chi connectivity index (χ3v) is 3.40. The van der Waals surface area contributed by atoms with Crippen LogP contribution >= 0.6 is 11.8 Å². The number of benzene rings is 1. The number of hydrogen-bond donors (Lipinski definition) is 1. The molecule has 0 aliphatic carbocycles. The molecule has 1 aromatic heterocycles. The van der Waals surface area contributed by atoms with Crippen molar-refractivity contribution in [3.63, 3.8) is 0 Å². The van der Waals surface area contributed by atoms with Crippen LogP contribution in [0.4, 0.5) is 23.7 Å². The fraction of sp³-hybridized carbons (Fsp3) is 0.214. The molecule has 0 spiro atoms. The first kappa shape index (κ1) is 16.3. The summed E-state index contributed by atoms with van der Waals surface area (Å²) in [5, 5.41) is 2.60. The highest BCUT2D eigenvalue weighted by Crippen LogP contribution is 2.37. The second kappa shape index (κ2) is 6.78. The highest BCUT2D eigenvalue weighted by Gasteiger charge is 2.29. The number of halogens is 3. The van der Waals surface area contributed by atoms with Crippen molar-refractivity contribution in [1.82, 2.24) is 4.90 Å². The molecule has 0 aliphatic rings. The Bertz CT molecular complexity index is 612. The van der Waals surface area contributed by atoms with Gasteiger partial charge < -0.3 is 14.6 Å². The number of carbonyl (C=O) groups excluding carboxylic acids is 1. The van der Waals surface area contributed by atoms with Gasteiger partial charge in [-0.2, -0.15) is 13.2 Å². The molecule has 0 unspecified atom stereocenters. The predicted octanol–water partition coefficient (Wildman–Crippen LogP) is 4.56. The number of nitrogens with zero attached hydrogens (tertiary/aromatic N) is 1. The van der Waals surface area contributed by atoms with E-state index >= 15 is 0 Å². The molecule has 0 fully saturated rings. The van der Waals surface area contributed by atoms with Crippen LogP contribution in [-0.2, 0) is 6.54 Å². The highest BCUT2D eigenvalue weighted by atomic mass is 32.2. The number of nitrogens with one attached hydrogen (secondary N) is 1. The maximum absolute atomic E-state index is 12.2. The van der Waals surface area contributed by atoms with E-state index in [1.165, 1.54) is 35.4 Å². The van der Waals surface area contributed by atoms with Crippen LogP contribution in [0, 0.1) is 0 Å². The van der Waals surface area contributed by atoms with Crippen molar-refractivity contribution in [3.8, 4) is 0 Å². The van der Waals surface area contributed by atoms with Crippen LogP contribution in [0.5, 0.6) is 0 Å². The molecule has 0 saturated heterocycles. The lowest BCUT2D eigenvalue weighted by atomic mass is 10.3. The van der Waals surface area contributed by atoms with Crippen LogP contribution < -0.4 is 5.32 Å². The minimum Gasteiger partial charge on any atom is -0.467 e. The maximum Gasteiger partial charge on any atom is 0.446 e. The smallest absolute Gasteiger partial charge is 0.446 e. The molecular weight excluding hydrogens is 317 g/mol. The summed E-state index contributed by atoms with van der Waals surface area (Å²) in [6.45, 7) is 0.293. The number of furan rings is 1. The van der Waals surface area contributed by atoms with Gasteiger partial charge >= 0.3 is 11.5 Å². The van der Waals surface area contributed by atoms with E-state index in [1.54, 1.807) is 19.2 Å². The van der Waals surface area contributed by atoms with Crippen molar-refractivity contribution in [2.75, 3.05) is 12.4 Å². The summed E-state index contributed by atoms with van der Waals surface area (Å²) in [4.78, 5) is 13.4. The number of urea groups is 1. The summed E-state index contributed by atoms with van der Waals surface area (Å²) in [5.74, 6) is 0.634. The van der Waals surface area contributed by atoms with Gasteiger partial charge in [-0.25, -0.2) is 4.79 Å². The third kappa shape index (κ3) is 5.03. The lowest BCUT2D eigenvalue weighted by molar-refractivity contribution is -0.0328. The largest absolute Gasteiger partial charge is 0.467 e. The van der Waals surface area contributed by atoms with Gasteiger partial charge in [-0.3, -0.25) is 0 Å². The van der Waals surface area contributed by atoms with E-state index in [-0.39, 0.29) is 22.7 Å². The number of rotatable bonds is 4. The lowest BCUT2D eigenvalue weighted by Gasteiger charge is -2.16. The Hall–Kier alpha value is -2.09. The Morgan fingerprint density at radius 3 is 2.50 bits per heavy atom. The van der Waals surface area contributed by atoms with E-state index in [4.69, 9.17) is 4.42 Å². The molecule has 0 atom stereocenters. The molecule has 1 N–H and O–H groups in total. The van der Waals surface area contributed by atoms with Crippen LogP contribution in [0.1, 0.15) is 5.76 Å². The summed E-state index contributed by atoms with van der Waals surface area (Å²) >= 11 is -0.198. The number of anilines is 1. The molecule has 22 heavy (non-hydrogen) atoms. The molecular formula is C14H13F3N2O2S. The summed E-state index contributed by atoms with van der Waals surface area (Å²) in [6, 6.07) is 8.54. The van der Waals surface area contributed by atoms with E-state index in [1.807, 2.05) is 0 Å². The van der Waals surface area contributed by atoms with Crippen molar-refractivity contribution in [3.05, 3.63) is 48.4 Å². The number of hydrogen-bond acceptors (Lipinski definition) is 3. The van der Waals surface area contributed by atoms with Crippen molar-refractivity contribution in [2.45, 2.75) is 16.9 Å². The molecule has 0 saturated carbocycles. The van der Waals surface area contributed by atoms with Gasteiger partial charge in [-0.05, 0) is 48.2 Å². The zero-order valence-corrected chi connectivity index (χ0v) is 12.4. The SMILES string of the molecule is CN(Cc1ccco1)C(=O)Nc1ccc(SC(F)(F)F)cc1. The van der Waals surface area contributed by atoms with Crippen LogP contribution in [-0.4, -0.2) is 23.5 Å². The van der Waals surface area contributed by atoms with E-state index in [9.17, 15) is 18.0 Å². The van der Waals surface area contributed by atoms with Gasteiger partial charge in [0.25, 0.3) is 0 Å².